The Kier molecular flexibility index (Phi) is 7.69. The van der Waals surface area contributed by atoms with E-state index in [1.54, 1.807) is 11.3 Å². The number of hydrogen-bond donors (Lipinski definition) is 1. The second kappa shape index (κ2) is 9.54. The van der Waals surface area contributed by atoms with Crippen molar-refractivity contribution in [3.63, 3.8) is 0 Å². The van der Waals surface area contributed by atoms with E-state index >= 15 is 0 Å². The van der Waals surface area contributed by atoms with Gasteiger partial charge in [0, 0.05) is 10.8 Å². The van der Waals surface area contributed by atoms with Gasteiger partial charge in [-0.3, -0.25) is 4.79 Å². The Morgan fingerprint density at radius 2 is 2.04 bits per heavy atom. The lowest BCUT2D eigenvalue weighted by atomic mass is 9.88. The van der Waals surface area contributed by atoms with Gasteiger partial charge in [-0.05, 0) is 57.4 Å². The molecule has 26 heavy (non-hydrogen) atoms. The van der Waals surface area contributed by atoms with Crippen LogP contribution in [0.15, 0.2) is 0 Å². The largest absolute Gasteiger partial charge is 0.459 e. The average molecular weight is 380 g/mol. The molecule has 1 aliphatic rings. The van der Waals surface area contributed by atoms with Crippen LogP contribution in [0.5, 0.6) is 0 Å². The number of nitrogens with one attached hydrogen (secondary N) is 1. The summed E-state index contributed by atoms with van der Waals surface area (Å²) >= 11 is 1.57. The summed E-state index contributed by atoms with van der Waals surface area (Å²) in [5.41, 5.74) is 1.69. The Labute approximate surface area is 161 Å². The summed E-state index contributed by atoms with van der Waals surface area (Å²) in [6.45, 7) is 10.1. The fraction of sp³-hybridized carbons (Fsp3) is 0.714. The van der Waals surface area contributed by atoms with Crippen LogP contribution in [-0.4, -0.2) is 18.0 Å². The maximum atomic E-state index is 12.8. The van der Waals surface area contributed by atoms with E-state index in [-0.39, 0.29) is 23.9 Å². The molecule has 1 heterocycles. The summed E-state index contributed by atoms with van der Waals surface area (Å²) in [6, 6.07) is 0. The zero-order valence-corrected chi connectivity index (χ0v) is 17.6. The minimum atomic E-state index is -0.302. The molecule has 0 spiro atoms. The fourth-order valence-electron chi connectivity index (χ4n) is 3.51. The number of ether oxygens (including phenoxy) is 1. The summed E-state index contributed by atoms with van der Waals surface area (Å²) in [5, 5.41) is 3.76. The average Bonchev–Trinajstić information content (AvgIpc) is 2.91. The lowest BCUT2D eigenvalue weighted by Crippen LogP contribution is -2.23. The second-order valence-corrected chi connectivity index (χ2v) is 8.85. The zero-order valence-electron chi connectivity index (χ0n) is 16.8. The topological polar surface area (TPSA) is 55.4 Å². The highest BCUT2D eigenvalue weighted by Gasteiger charge is 2.30. The van der Waals surface area contributed by atoms with E-state index in [9.17, 15) is 9.59 Å². The molecule has 1 N–H and O–H groups in total. The first-order chi connectivity index (χ1) is 12.4. The number of amides is 1. The highest BCUT2D eigenvalue weighted by atomic mass is 32.1. The first-order valence-corrected chi connectivity index (χ1v) is 10.8. The Hall–Kier alpha value is -1.36. The molecule has 0 aliphatic heterocycles. The normalized spacial score (nSPS) is 17.7. The molecule has 2 atom stereocenters. The van der Waals surface area contributed by atoms with Crippen molar-refractivity contribution in [2.45, 2.75) is 85.7 Å². The van der Waals surface area contributed by atoms with Crippen LogP contribution in [0.1, 0.15) is 87.5 Å². The lowest BCUT2D eigenvalue weighted by molar-refractivity contribution is -0.120. The minimum Gasteiger partial charge on any atom is -0.459 e. The number of carbonyl (C=O) groups is 2. The lowest BCUT2D eigenvalue weighted by Gasteiger charge is -2.19. The highest BCUT2D eigenvalue weighted by Crippen LogP contribution is 2.40. The predicted molar refractivity (Wildman–Crippen MR) is 108 cm³/mol. The third-order valence-electron chi connectivity index (χ3n) is 5.07. The molecule has 2 rings (SSSR count). The van der Waals surface area contributed by atoms with Crippen molar-refractivity contribution in [1.29, 1.82) is 0 Å². The van der Waals surface area contributed by atoms with Gasteiger partial charge in [-0.2, -0.15) is 0 Å². The smallest absolute Gasteiger partial charge is 0.341 e. The van der Waals surface area contributed by atoms with E-state index in [2.05, 4.69) is 26.1 Å². The molecular weight excluding hydrogens is 346 g/mol. The molecule has 1 amide bonds. The van der Waals surface area contributed by atoms with Crippen molar-refractivity contribution >= 4 is 28.2 Å². The molecule has 5 heteroatoms. The molecule has 0 radical (unpaired) electrons. The van der Waals surface area contributed by atoms with Gasteiger partial charge in [0.1, 0.15) is 5.00 Å². The zero-order chi connectivity index (χ0) is 19.3. The van der Waals surface area contributed by atoms with Gasteiger partial charge in [0.15, 0.2) is 0 Å². The first kappa shape index (κ1) is 20.9. The van der Waals surface area contributed by atoms with Crippen molar-refractivity contribution in [3.8, 4) is 0 Å². The quantitative estimate of drug-likeness (QED) is 0.599. The Balaban J connectivity index is 2.28. The molecule has 1 aromatic heterocycles. The fourth-order valence-corrected chi connectivity index (χ4v) is 4.91. The van der Waals surface area contributed by atoms with Crippen LogP contribution < -0.4 is 5.32 Å². The maximum absolute atomic E-state index is 12.8. The molecule has 4 nitrogen and oxygen atoms in total. The van der Waals surface area contributed by atoms with Crippen LogP contribution in [0, 0.1) is 11.8 Å². The number of carbonyl (C=O) groups excluding carboxylic acids is 2. The number of hydrogen-bond acceptors (Lipinski definition) is 4. The maximum Gasteiger partial charge on any atom is 0.341 e. The van der Waals surface area contributed by atoms with Crippen molar-refractivity contribution in [2.75, 3.05) is 5.32 Å². The van der Waals surface area contributed by atoms with Crippen LogP contribution in [0.3, 0.4) is 0 Å². The predicted octanol–water partition coefficient (Wildman–Crippen LogP) is 5.59. The van der Waals surface area contributed by atoms with E-state index in [1.165, 1.54) is 4.88 Å². The number of anilines is 1. The molecule has 0 fully saturated rings. The Bertz CT molecular complexity index is 635. The summed E-state index contributed by atoms with van der Waals surface area (Å²) in [5.74, 6) is 0.351. The number of thiophene rings is 1. The van der Waals surface area contributed by atoms with Crippen LogP contribution in [-0.2, 0) is 22.4 Å². The molecule has 146 valence electrons. The van der Waals surface area contributed by atoms with Crippen molar-refractivity contribution in [2.24, 2.45) is 11.8 Å². The van der Waals surface area contributed by atoms with Crippen LogP contribution in [0.2, 0.25) is 0 Å². The highest BCUT2D eigenvalue weighted by molar-refractivity contribution is 7.17. The number of fused-ring (bicyclic) bond motifs is 1. The summed E-state index contributed by atoms with van der Waals surface area (Å²) in [7, 11) is 0. The number of esters is 1. The van der Waals surface area contributed by atoms with Gasteiger partial charge in [0.2, 0.25) is 5.91 Å². The van der Waals surface area contributed by atoms with E-state index in [4.69, 9.17) is 4.74 Å². The van der Waals surface area contributed by atoms with Gasteiger partial charge in [0.05, 0.1) is 11.7 Å². The van der Waals surface area contributed by atoms with E-state index in [0.717, 1.165) is 50.5 Å². The SMILES string of the molecule is CCCCC(CC)C(=O)Nc1sc2c(c1C(=O)OC(C)C)CCC(C)C2. The first-order valence-electron chi connectivity index (χ1n) is 10.0. The van der Waals surface area contributed by atoms with Crippen LogP contribution in [0.4, 0.5) is 5.00 Å². The molecule has 1 aliphatic carbocycles. The summed E-state index contributed by atoms with van der Waals surface area (Å²) in [6.07, 6.45) is 6.62. The standard InChI is InChI=1S/C21H33NO3S/c1-6-8-9-15(7-2)19(23)22-20-18(21(24)25-13(3)4)16-11-10-14(5)12-17(16)26-20/h13-15H,6-12H2,1-5H3,(H,22,23). The third kappa shape index (κ3) is 5.09. The van der Waals surface area contributed by atoms with E-state index < -0.39 is 0 Å². The third-order valence-corrected chi connectivity index (χ3v) is 6.23. The monoisotopic (exact) mass is 379 g/mol. The van der Waals surface area contributed by atoms with Crippen molar-refractivity contribution < 1.29 is 14.3 Å². The molecule has 0 saturated heterocycles. The van der Waals surface area contributed by atoms with Gasteiger partial charge in [0.25, 0.3) is 0 Å². The Morgan fingerprint density at radius 3 is 2.65 bits per heavy atom. The Morgan fingerprint density at radius 1 is 1.31 bits per heavy atom. The second-order valence-electron chi connectivity index (χ2n) is 7.75. The van der Waals surface area contributed by atoms with Gasteiger partial charge >= 0.3 is 5.97 Å². The summed E-state index contributed by atoms with van der Waals surface area (Å²) in [4.78, 5) is 26.7. The molecule has 0 bridgehead atoms. The molecule has 0 saturated carbocycles. The van der Waals surface area contributed by atoms with Crippen molar-refractivity contribution in [3.05, 3.63) is 16.0 Å². The summed E-state index contributed by atoms with van der Waals surface area (Å²) < 4.78 is 5.48. The van der Waals surface area contributed by atoms with Crippen LogP contribution >= 0.6 is 11.3 Å². The minimum absolute atomic E-state index is 0.00182. The number of unbranched alkanes of at least 4 members (excludes halogenated alkanes) is 1. The van der Waals surface area contributed by atoms with Gasteiger partial charge in [-0.15, -0.1) is 11.3 Å². The number of rotatable bonds is 8. The van der Waals surface area contributed by atoms with Crippen LogP contribution in [0.25, 0.3) is 0 Å². The van der Waals surface area contributed by atoms with Crippen molar-refractivity contribution in [1.82, 2.24) is 0 Å². The van der Waals surface area contributed by atoms with E-state index in [0.29, 0.717) is 16.5 Å². The van der Waals surface area contributed by atoms with E-state index in [1.807, 2.05) is 13.8 Å². The van der Waals surface area contributed by atoms with Gasteiger partial charge < -0.3 is 10.1 Å². The van der Waals surface area contributed by atoms with Gasteiger partial charge in [-0.1, -0.05) is 33.6 Å². The molecule has 0 aromatic carbocycles. The molecule has 1 aromatic rings. The molecule has 2 unspecified atom stereocenters. The van der Waals surface area contributed by atoms with Gasteiger partial charge in [-0.25, -0.2) is 4.79 Å². The molecular formula is C21H33NO3S.